The van der Waals surface area contributed by atoms with E-state index in [9.17, 15) is 0 Å². The van der Waals surface area contributed by atoms with E-state index in [2.05, 4.69) is 137 Å². The van der Waals surface area contributed by atoms with Crippen LogP contribution < -0.4 is 9.47 Å². The van der Waals surface area contributed by atoms with Crippen LogP contribution in [0.3, 0.4) is 0 Å². The zero-order chi connectivity index (χ0) is 30.2. The molecule has 2 aromatic heterocycles. The molecule has 0 aliphatic carbocycles. The molecule has 0 amide bonds. The number of nitrogens with zero attached hydrogens (tertiary/aromatic N) is 2. The second-order valence-electron chi connectivity index (χ2n) is 11.8. The maximum Gasteiger partial charge on any atom is 0.170 e. The van der Waals surface area contributed by atoms with Crippen molar-refractivity contribution in [3.05, 3.63) is 158 Å². The summed E-state index contributed by atoms with van der Waals surface area (Å²) in [6, 6.07) is 55.5. The molecule has 0 saturated carbocycles. The third-order valence-electron chi connectivity index (χ3n) is 9.17. The van der Waals surface area contributed by atoms with Gasteiger partial charge in [0.15, 0.2) is 23.0 Å². The van der Waals surface area contributed by atoms with Crippen molar-refractivity contribution in [3.63, 3.8) is 0 Å². The van der Waals surface area contributed by atoms with E-state index in [0.29, 0.717) is 0 Å². The Balaban J connectivity index is 1.14. The fourth-order valence-corrected chi connectivity index (χ4v) is 7.09. The van der Waals surface area contributed by atoms with E-state index in [4.69, 9.17) is 9.47 Å². The largest absolute Gasteiger partial charge is 0.450 e. The highest BCUT2D eigenvalue weighted by molar-refractivity contribution is 6.12. The highest BCUT2D eigenvalue weighted by atomic mass is 16.6. The van der Waals surface area contributed by atoms with Crippen LogP contribution in [0.15, 0.2) is 158 Å². The van der Waals surface area contributed by atoms with Crippen LogP contribution in [-0.2, 0) is 0 Å². The first-order valence-corrected chi connectivity index (χ1v) is 15.5. The van der Waals surface area contributed by atoms with E-state index in [1.807, 2.05) is 30.3 Å². The van der Waals surface area contributed by atoms with Crippen molar-refractivity contribution in [1.29, 1.82) is 0 Å². The lowest BCUT2D eigenvalue weighted by atomic mass is 10.0. The monoisotopic (exact) mass is 590 g/mol. The molecule has 0 spiro atoms. The summed E-state index contributed by atoms with van der Waals surface area (Å²) in [5.41, 5.74) is 9.26. The van der Waals surface area contributed by atoms with E-state index in [0.717, 1.165) is 45.5 Å². The third kappa shape index (κ3) is 3.67. The van der Waals surface area contributed by atoms with Gasteiger partial charge in [-0.1, -0.05) is 78.9 Å². The molecule has 4 nitrogen and oxygen atoms in total. The minimum absolute atomic E-state index is 0.724. The fourth-order valence-electron chi connectivity index (χ4n) is 7.09. The van der Waals surface area contributed by atoms with Gasteiger partial charge in [-0.15, -0.1) is 0 Å². The van der Waals surface area contributed by atoms with Gasteiger partial charge in [0.05, 0.1) is 22.1 Å². The standard InChI is InChI=1S/C42H26N2O2/c1-2-10-29(11-3-1)43-35-14-6-5-13-32(35)34-26-30(20-22-38(34)43)44-36-15-7-4-12-31(36)33-24-27(18-21-37(33)44)28-19-23-41-42(25-28)46-40-17-9-8-16-39(40)45-41/h1-26H. The van der Waals surface area contributed by atoms with E-state index in [1.54, 1.807) is 0 Å². The highest BCUT2D eigenvalue weighted by Gasteiger charge is 2.20. The zero-order valence-corrected chi connectivity index (χ0v) is 24.7. The third-order valence-corrected chi connectivity index (χ3v) is 9.17. The molecule has 1 aliphatic rings. The van der Waals surface area contributed by atoms with Crippen molar-refractivity contribution < 1.29 is 9.47 Å². The summed E-state index contributed by atoms with van der Waals surface area (Å²) in [6.45, 7) is 0. The Hall–Kier alpha value is -6.26. The van der Waals surface area contributed by atoms with Gasteiger partial charge in [-0.2, -0.15) is 0 Å². The van der Waals surface area contributed by atoms with Crippen molar-refractivity contribution in [2.75, 3.05) is 0 Å². The molecular weight excluding hydrogens is 564 g/mol. The molecule has 216 valence electrons. The van der Waals surface area contributed by atoms with Gasteiger partial charge in [0.1, 0.15) is 0 Å². The van der Waals surface area contributed by atoms with Gasteiger partial charge in [-0.25, -0.2) is 0 Å². The van der Waals surface area contributed by atoms with E-state index in [1.165, 1.54) is 43.6 Å². The Morgan fingerprint density at radius 1 is 0.304 bits per heavy atom. The smallest absolute Gasteiger partial charge is 0.170 e. The second-order valence-corrected chi connectivity index (χ2v) is 11.8. The average molecular weight is 591 g/mol. The number of fused-ring (bicyclic) bond motifs is 8. The highest BCUT2D eigenvalue weighted by Crippen LogP contribution is 2.47. The molecule has 4 heteroatoms. The molecule has 0 saturated heterocycles. The van der Waals surface area contributed by atoms with Gasteiger partial charge in [0.2, 0.25) is 0 Å². The van der Waals surface area contributed by atoms with E-state index >= 15 is 0 Å². The van der Waals surface area contributed by atoms with Crippen molar-refractivity contribution in [2.45, 2.75) is 0 Å². The van der Waals surface area contributed by atoms with Gasteiger partial charge < -0.3 is 18.6 Å². The maximum atomic E-state index is 6.22. The van der Waals surface area contributed by atoms with Gasteiger partial charge in [-0.3, -0.25) is 0 Å². The number of para-hydroxylation sites is 5. The summed E-state index contributed by atoms with van der Waals surface area (Å²) in [7, 11) is 0. The fraction of sp³-hybridized carbons (Fsp3) is 0. The van der Waals surface area contributed by atoms with Crippen LogP contribution in [0.25, 0.3) is 66.1 Å². The SMILES string of the molecule is c1ccc(-n2c3ccccc3c3cc(-n4c5ccccc5c5cc(-c6ccc7c(c6)Oc6ccccc6O7)ccc54)ccc32)cc1. The molecule has 7 aromatic carbocycles. The Morgan fingerprint density at radius 3 is 1.54 bits per heavy atom. The molecule has 1 aliphatic heterocycles. The topological polar surface area (TPSA) is 28.3 Å². The average Bonchev–Trinajstić information content (AvgIpc) is 3.63. The number of rotatable bonds is 3. The summed E-state index contributed by atoms with van der Waals surface area (Å²) >= 11 is 0. The molecule has 0 radical (unpaired) electrons. The van der Waals surface area contributed by atoms with Gasteiger partial charge in [0, 0.05) is 32.9 Å². The molecule has 46 heavy (non-hydrogen) atoms. The predicted octanol–water partition coefficient (Wildman–Crippen LogP) is 11.4. The van der Waals surface area contributed by atoms with Crippen molar-refractivity contribution in [3.8, 4) is 45.5 Å². The molecule has 0 atom stereocenters. The summed E-state index contributed by atoms with van der Waals surface area (Å²) < 4.78 is 17.1. The molecule has 9 aromatic rings. The molecular formula is C42H26N2O2. The van der Waals surface area contributed by atoms with Gasteiger partial charge >= 0.3 is 0 Å². The molecule has 0 fully saturated rings. The Kier molecular flexibility index (Phi) is 5.25. The van der Waals surface area contributed by atoms with Crippen LogP contribution >= 0.6 is 0 Å². The Bertz CT molecular complexity index is 2650. The van der Waals surface area contributed by atoms with Gasteiger partial charge in [-0.05, 0) is 90.0 Å². The van der Waals surface area contributed by atoms with E-state index in [-0.39, 0.29) is 0 Å². The number of benzene rings is 7. The molecule has 0 N–H and O–H groups in total. The summed E-state index contributed by atoms with van der Waals surface area (Å²) in [4.78, 5) is 0. The lowest BCUT2D eigenvalue weighted by Gasteiger charge is -2.21. The van der Waals surface area contributed by atoms with Crippen molar-refractivity contribution in [1.82, 2.24) is 9.13 Å². The lowest BCUT2D eigenvalue weighted by molar-refractivity contribution is 0.360. The molecule has 3 heterocycles. The first-order valence-electron chi connectivity index (χ1n) is 15.5. The number of hydrogen-bond acceptors (Lipinski definition) is 2. The molecule has 0 bridgehead atoms. The first-order chi connectivity index (χ1) is 22.8. The first kappa shape index (κ1) is 25.1. The number of ether oxygens (including phenoxy) is 2. The summed E-state index contributed by atoms with van der Waals surface area (Å²) in [6.07, 6.45) is 0. The summed E-state index contributed by atoms with van der Waals surface area (Å²) in [5.74, 6) is 2.92. The predicted molar refractivity (Wildman–Crippen MR) is 187 cm³/mol. The lowest BCUT2D eigenvalue weighted by Crippen LogP contribution is -1.98. The number of aromatic nitrogens is 2. The van der Waals surface area contributed by atoms with Crippen molar-refractivity contribution >= 4 is 43.6 Å². The van der Waals surface area contributed by atoms with Crippen LogP contribution in [0.4, 0.5) is 0 Å². The van der Waals surface area contributed by atoms with Crippen LogP contribution in [-0.4, -0.2) is 9.13 Å². The van der Waals surface area contributed by atoms with Crippen LogP contribution in [0, 0.1) is 0 Å². The Labute approximate surface area is 264 Å². The molecule has 0 unspecified atom stereocenters. The van der Waals surface area contributed by atoms with Crippen LogP contribution in [0.5, 0.6) is 23.0 Å². The van der Waals surface area contributed by atoms with Crippen LogP contribution in [0.1, 0.15) is 0 Å². The maximum absolute atomic E-state index is 6.22. The number of hydrogen-bond donors (Lipinski definition) is 0. The zero-order valence-electron chi connectivity index (χ0n) is 24.7. The van der Waals surface area contributed by atoms with Gasteiger partial charge in [0.25, 0.3) is 0 Å². The van der Waals surface area contributed by atoms with E-state index < -0.39 is 0 Å². The van der Waals surface area contributed by atoms with Crippen LogP contribution in [0.2, 0.25) is 0 Å². The minimum Gasteiger partial charge on any atom is -0.450 e. The quantitative estimate of drug-likeness (QED) is 0.205. The van der Waals surface area contributed by atoms with Crippen molar-refractivity contribution in [2.24, 2.45) is 0 Å². The Morgan fingerprint density at radius 2 is 0.804 bits per heavy atom. The normalized spacial score (nSPS) is 12.3. The summed E-state index contributed by atoms with van der Waals surface area (Å²) in [5, 5.41) is 4.91. The second kappa shape index (κ2) is 9.62. The molecule has 10 rings (SSSR count). The minimum atomic E-state index is 0.724.